The van der Waals surface area contributed by atoms with Crippen molar-refractivity contribution in [2.45, 2.75) is 76.2 Å². The summed E-state index contributed by atoms with van der Waals surface area (Å²) in [6, 6.07) is 13.4. The van der Waals surface area contributed by atoms with E-state index in [0.717, 1.165) is 69.8 Å². The van der Waals surface area contributed by atoms with Crippen molar-refractivity contribution in [3.05, 3.63) is 71.3 Å². The van der Waals surface area contributed by atoms with Gasteiger partial charge in [0, 0.05) is 25.6 Å². The summed E-state index contributed by atoms with van der Waals surface area (Å²) in [5.74, 6) is 0.590. The van der Waals surface area contributed by atoms with Gasteiger partial charge in [-0.1, -0.05) is 56.4 Å². The molecule has 0 spiro atoms. The molecule has 0 bridgehead atoms. The fraction of sp³-hybridized carbons (Fsp3) is 0.606. The van der Waals surface area contributed by atoms with Gasteiger partial charge in [-0.25, -0.2) is 8.78 Å². The molecule has 2 aromatic carbocycles. The van der Waals surface area contributed by atoms with Gasteiger partial charge in [-0.2, -0.15) is 0 Å². The maximum atomic E-state index is 14.2. The minimum atomic E-state index is -0.706. The first-order chi connectivity index (χ1) is 18.9. The number of piperidine rings is 1. The Balaban J connectivity index is 1.17. The number of halogens is 2. The molecule has 2 saturated heterocycles. The van der Waals surface area contributed by atoms with E-state index in [0.29, 0.717) is 18.4 Å². The van der Waals surface area contributed by atoms with Crippen molar-refractivity contribution in [2.24, 2.45) is 17.8 Å². The second kappa shape index (κ2) is 13.4. The highest BCUT2D eigenvalue weighted by molar-refractivity contribution is 5.73. The van der Waals surface area contributed by atoms with E-state index in [1.807, 2.05) is 18.2 Å². The van der Waals surface area contributed by atoms with E-state index in [-0.39, 0.29) is 17.6 Å². The van der Waals surface area contributed by atoms with Gasteiger partial charge in [-0.3, -0.25) is 9.69 Å². The van der Waals surface area contributed by atoms with E-state index in [9.17, 15) is 18.7 Å². The van der Waals surface area contributed by atoms with Crippen LogP contribution in [0.2, 0.25) is 0 Å². The first-order valence-corrected chi connectivity index (χ1v) is 15.1. The van der Waals surface area contributed by atoms with Crippen LogP contribution in [0.4, 0.5) is 8.78 Å². The van der Waals surface area contributed by atoms with Crippen molar-refractivity contribution >= 4 is 5.97 Å². The first kappa shape index (κ1) is 28.2. The molecule has 2 aliphatic heterocycles. The molecule has 3 fully saturated rings. The highest BCUT2D eigenvalue weighted by Crippen LogP contribution is 2.38. The van der Waals surface area contributed by atoms with E-state index < -0.39 is 12.0 Å². The van der Waals surface area contributed by atoms with Crippen LogP contribution in [0.3, 0.4) is 0 Å². The van der Waals surface area contributed by atoms with Crippen LogP contribution >= 0.6 is 0 Å². The predicted molar refractivity (Wildman–Crippen MR) is 151 cm³/mol. The summed E-state index contributed by atoms with van der Waals surface area (Å²) in [5, 5.41) is 10.2. The predicted octanol–water partition coefficient (Wildman–Crippen LogP) is 6.75. The van der Waals surface area contributed by atoms with Crippen molar-refractivity contribution in [3.8, 4) is 0 Å². The summed E-state index contributed by atoms with van der Waals surface area (Å²) >= 11 is 0. The van der Waals surface area contributed by atoms with Crippen molar-refractivity contribution in [1.82, 2.24) is 9.80 Å². The Morgan fingerprint density at radius 3 is 2.36 bits per heavy atom. The minimum absolute atomic E-state index is 0.152. The lowest BCUT2D eigenvalue weighted by Crippen LogP contribution is -2.42. The third-order valence-corrected chi connectivity index (χ3v) is 9.69. The van der Waals surface area contributed by atoms with Crippen molar-refractivity contribution < 1.29 is 18.7 Å². The van der Waals surface area contributed by atoms with Crippen LogP contribution in [0.5, 0.6) is 0 Å². The highest BCUT2D eigenvalue weighted by Gasteiger charge is 2.41. The van der Waals surface area contributed by atoms with Crippen LogP contribution in [0.25, 0.3) is 0 Å². The summed E-state index contributed by atoms with van der Waals surface area (Å²) in [6.45, 7) is 4.53. The largest absolute Gasteiger partial charge is 0.480 e. The van der Waals surface area contributed by atoms with Crippen LogP contribution in [0.1, 0.15) is 74.8 Å². The van der Waals surface area contributed by atoms with Crippen LogP contribution in [-0.4, -0.2) is 59.6 Å². The summed E-state index contributed by atoms with van der Waals surface area (Å²) in [6.07, 6.45) is 11.2. The third-order valence-electron chi connectivity index (χ3n) is 9.69. The number of nitrogens with zero attached hydrogens (tertiary/aromatic N) is 2. The van der Waals surface area contributed by atoms with Crippen LogP contribution < -0.4 is 0 Å². The standard InChI is InChI=1S/C33H44F2N2O2/c34-29-13-11-24(12-14-29)7-3-8-25-15-17-36(18-16-25)21-28-22-37(23-31(28)27-9-4-10-30(35)20-27)32(33(38)39)19-26-5-1-2-6-26/h4,9-14,20,25-26,28,31-32H,1-3,5-8,15-19,21-23H2,(H,38,39). The number of hydrogen-bond donors (Lipinski definition) is 1. The lowest BCUT2D eigenvalue weighted by Gasteiger charge is -2.35. The summed E-state index contributed by atoms with van der Waals surface area (Å²) in [4.78, 5) is 17.1. The van der Waals surface area contributed by atoms with Gasteiger partial charge < -0.3 is 10.0 Å². The lowest BCUT2D eigenvalue weighted by molar-refractivity contribution is -0.143. The average molecular weight is 539 g/mol. The van der Waals surface area contributed by atoms with E-state index in [4.69, 9.17) is 0 Å². The van der Waals surface area contributed by atoms with E-state index in [1.54, 1.807) is 24.3 Å². The van der Waals surface area contributed by atoms with E-state index in [1.165, 1.54) is 43.7 Å². The molecule has 1 aliphatic carbocycles. The van der Waals surface area contributed by atoms with Crippen LogP contribution in [0.15, 0.2) is 48.5 Å². The molecule has 1 saturated carbocycles. The maximum absolute atomic E-state index is 14.2. The van der Waals surface area contributed by atoms with Gasteiger partial charge in [0.15, 0.2) is 0 Å². The van der Waals surface area contributed by atoms with E-state index >= 15 is 0 Å². The number of carboxylic acid groups (broad SMARTS) is 1. The second-order valence-corrected chi connectivity index (χ2v) is 12.4. The zero-order valence-corrected chi connectivity index (χ0v) is 23.1. The molecule has 1 N–H and O–H groups in total. The number of likely N-dealkylation sites (tertiary alicyclic amines) is 2. The Kier molecular flexibility index (Phi) is 9.67. The molecule has 0 radical (unpaired) electrons. The van der Waals surface area contributed by atoms with Gasteiger partial charge >= 0.3 is 5.97 Å². The fourth-order valence-corrected chi connectivity index (χ4v) is 7.46. The lowest BCUT2D eigenvalue weighted by atomic mass is 9.86. The molecule has 2 heterocycles. The zero-order chi connectivity index (χ0) is 27.2. The number of carboxylic acids is 1. The molecule has 3 aliphatic rings. The number of aryl methyl sites for hydroxylation is 1. The average Bonchev–Trinajstić information content (AvgIpc) is 3.59. The highest BCUT2D eigenvalue weighted by atomic mass is 19.1. The Hall–Kier alpha value is -2.31. The number of aliphatic carboxylic acids is 1. The van der Waals surface area contributed by atoms with E-state index in [2.05, 4.69) is 9.80 Å². The Morgan fingerprint density at radius 1 is 0.923 bits per heavy atom. The molecule has 3 unspecified atom stereocenters. The molecule has 2 aromatic rings. The Bertz CT molecular complexity index is 1060. The third kappa shape index (κ3) is 7.67. The van der Waals surface area contributed by atoms with Crippen LogP contribution in [-0.2, 0) is 11.2 Å². The van der Waals surface area contributed by atoms with Gasteiger partial charge in [0.2, 0.25) is 0 Å². The topological polar surface area (TPSA) is 43.8 Å². The molecule has 0 amide bonds. The van der Waals surface area contributed by atoms with Gasteiger partial charge in [-0.05, 0) is 98.3 Å². The molecular weight excluding hydrogens is 494 g/mol. The monoisotopic (exact) mass is 538 g/mol. The summed E-state index contributed by atoms with van der Waals surface area (Å²) < 4.78 is 27.3. The van der Waals surface area contributed by atoms with Crippen molar-refractivity contribution in [1.29, 1.82) is 0 Å². The van der Waals surface area contributed by atoms with Gasteiger partial charge in [0.1, 0.15) is 17.7 Å². The number of hydrogen-bond acceptors (Lipinski definition) is 3. The quantitative estimate of drug-likeness (QED) is 0.344. The maximum Gasteiger partial charge on any atom is 0.320 e. The smallest absolute Gasteiger partial charge is 0.320 e. The number of benzene rings is 2. The second-order valence-electron chi connectivity index (χ2n) is 12.4. The van der Waals surface area contributed by atoms with Gasteiger partial charge in [0.05, 0.1) is 0 Å². The number of rotatable bonds is 11. The zero-order valence-electron chi connectivity index (χ0n) is 23.1. The van der Waals surface area contributed by atoms with Gasteiger partial charge in [-0.15, -0.1) is 0 Å². The normalized spacial score (nSPS) is 24.4. The van der Waals surface area contributed by atoms with Crippen LogP contribution in [0, 0.1) is 29.4 Å². The molecule has 212 valence electrons. The minimum Gasteiger partial charge on any atom is -0.480 e. The number of carbonyl (C=O) groups is 1. The molecule has 39 heavy (non-hydrogen) atoms. The molecule has 6 heteroatoms. The molecule has 3 atom stereocenters. The summed E-state index contributed by atoms with van der Waals surface area (Å²) in [5.41, 5.74) is 2.21. The molecule has 0 aromatic heterocycles. The Labute approximate surface area is 232 Å². The summed E-state index contributed by atoms with van der Waals surface area (Å²) in [7, 11) is 0. The molecule has 4 nitrogen and oxygen atoms in total. The first-order valence-electron chi connectivity index (χ1n) is 15.1. The van der Waals surface area contributed by atoms with Crippen molar-refractivity contribution in [3.63, 3.8) is 0 Å². The molecular formula is C33H44F2N2O2. The Morgan fingerprint density at radius 2 is 1.67 bits per heavy atom. The van der Waals surface area contributed by atoms with Gasteiger partial charge in [0.25, 0.3) is 0 Å². The van der Waals surface area contributed by atoms with Crippen molar-refractivity contribution in [2.75, 3.05) is 32.7 Å². The molecule has 5 rings (SSSR count). The fourth-order valence-electron chi connectivity index (χ4n) is 7.46. The SMILES string of the molecule is O=C(O)C(CC1CCCC1)N1CC(CN2CCC(CCCc3ccc(F)cc3)CC2)C(c2cccc(F)c2)C1.